The molecule has 19 heavy (non-hydrogen) atoms. The van der Waals surface area contributed by atoms with E-state index in [0.29, 0.717) is 12.1 Å². The van der Waals surface area contributed by atoms with E-state index in [4.69, 9.17) is 4.74 Å². The lowest BCUT2D eigenvalue weighted by Crippen LogP contribution is -2.57. The fraction of sp³-hybridized carbons (Fsp3) is 1.00. The zero-order valence-corrected chi connectivity index (χ0v) is 13.0. The average Bonchev–Trinajstić information content (AvgIpc) is 2.41. The molecule has 1 aliphatic carbocycles. The van der Waals surface area contributed by atoms with Crippen molar-refractivity contribution >= 4 is 0 Å². The van der Waals surface area contributed by atoms with Gasteiger partial charge in [0.2, 0.25) is 0 Å². The first kappa shape index (κ1) is 15.3. The van der Waals surface area contributed by atoms with Crippen molar-refractivity contribution in [2.24, 2.45) is 5.92 Å². The number of nitrogens with zero attached hydrogens (tertiary/aromatic N) is 1. The van der Waals surface area contributed by atoms with E-state index in [-0.39, 0.29) is 0 Å². The zero-order chi connectivity index (χ0) is 13.7. The third-order valence-corrected chi connectivity index (χ3v) is 4.83. The van der Waals surface area contributed by atoms with Crippen LogP contribution in [0.15, 0.2) is 0 Å². The molecule has 1 heterocycles. The quantitative estimate of drug-likeness (QED) is 0.829. The van der Waals surface area contributed by atoms with Crippen molar-refractivity contribution in [1.29, 1.82) is 0 Å². The minimum Gasteiger partial charge on any atom is -0.376 e. The number of rotatable bonds is 5. The van der Waals surface area contributed by atoms with Gasteiger partial charge in [-0.3, -0.25) is 4.90 Å². The highest BCUT2D eigenvalue weighted by molar-refractivity contribution is 4.92. The lowest BCUT2D eigenvalue weighted by Gasteiger charge is -2.45. The monoisotopic (exact) mass is 268 g/mol. The molecule has 0 amide bonds. The van der Waals surface area contributed by atoms with Crippen LogP contribution in [0.3, 0.4) is 0 Å². The molecular weight excluding hydrogens is 236 g/mol. The van der Waals surface area contributed by atoms with Gasteiger partial charge in [0.1, 0.15) is 0 Å². The second kappa shape index (κ2) is 7.61. The van der Waals surface area contributed by atoms with Crippen molar-refractivity contribution in [3.63, 3.8) is 0 Å². The Labute approximate surface area is 119 Å². The number of hydrogen-bond donors (Lipinski definition) is 1. The Morgan fingerprint density at radius 2 is 2.11 bits per heavy atom. The van der Waals surface area contributed by atoms with Crippen LogP contribution < -0.4 is 5.32 Å². The van der Waals surface area contributed by atoms with E-state index in [0.717, 1.165) is 38.2 Å². The Morgan fingerprint density at radius 1 is 1.26 bits per heavy atom. The molecule has 3 nitrogen and oxygen atoms in total. The predicted molar refractivity (Wildman–Crippen MR) is 80.5 cm³/mol. The van der Waals surface area contributed by atoms with Crippen LogP contribution in [0.1, 0.15) is 52.9 Å². The van der Waals surface area contributed by atoms with Crippen LogP contribution in [0, 0.1) is 5.92 Å². The van der Waals surface area contributed by atoms with Crippen molar-refractivity contribution in [2.75, 3.05) is 26.2 Å². The highest BCUT2D eigenvalue weighted by Crippen LogP contribution is 2.31. The molecule has 1 saturated carbocycles. The summed E-state index contributed by atoms with van der Waals surface area (Å²) in [6.45, 7) is 11.0. The van der Waals surface area contributed by atoms with Crippen molar-refractivity contribution in [2.45, 2.75) is 71.1 Å². The molecule has 1 aliphatic heterocycles. The van der Waals surface area contributed by atoms with Gasteiger partial charge in [-0.15, -0.1) is 0 Å². The number of hydrogen-bond acceptors (Lipinski definition) is 3. The molecule has 112 valence electrons. The minimum atomic E-state index is 0.405. The average molecular weight is 268 g/mol. The fourth-order valence-corrected chi connectivity index (χ4v) is 3.95. The SMILES string of the molecule is CCCC1CCC(NCC)C(N2CCOC(C)C2)C1. The second-order valence-electron chi connectivity index (χ2n) is 6.38. The number of nitrogens with one attached hydrogen (secondary N) is 1. The van der Waals surface area contributed by atoms with E-state index in [1.165, 1.54) is 32.1 Å². The lowest BCUT2D eigenvalue weighted by atomic mass is 9.79. The smallest absolute Gasteiger partial charge is 0.0674 e. The van der Waals surface area contributed by atoms with Crippen molar-refractivity contribution in [3.8, 4) is 0 Å². The van der Waals surface area contributed by atoms with E-state index in [1.807, 2.05) is 0 Å². The Balaban J connectivity index is 1.97. The first-order chi connectivity index (χ1) is 9.24. The van der Waals surface area contributed by atoms with Gasteiger partial charge in [-0.25, -0.2) is 0 Å². The predicted octanol–water partition coefficient (Wildman–Crippen LogP) is 2.65. The molecule has 0 aromatic heterocycles. The summed E-state index contributed by atoms with van der Waals surface area (Å²) in [4.78, 5) is 2.70. The number of morpholine rings is 1. The standard InChI is InChI=1S/C16H32N2O/c1-4-6-14-7-8-15(17-5-2)16(11-14)18-9-10-19-13(3)12-18/h13-17H,4-12H2,1-3H3. The van der Waals surface area contributed by atoms with Gasteiger partial charge < -0.3 is 10.1 Å². The van der Waals surface area contributed by atoms with Gasteiger partial charge in [0.15, 0.2) is 0 Å². The summed E-state index contributed by atoms with van der Waals surface area (Å²) in [6, 6.07) is 1.43. The summed E-state index contributed by atoms with van der Waals surface area (Å²) in [5.74, 6) is 0.947. The largest absolute Gasteiger partial charge is 0.376 e. The zero-order valence-electron chi connectivity index (χ0n) is 13.0. The Kier molecular flexibility index (Phi) is 6.11. The highest BCUT2D eigenvalue weighted by atomic mass is 16.5. The Morgan fingerprint density at radius 3 is 2.79 bits per heavy atom. The van der Waals surface area contributed by atoms with Crippen LogP contribution in [0.4, 0.5) is 0 Å². The summed E-state index contributed by atoms with van der Waals surface area (Å²) in [5, 5.41) is 3.73. The third kappa shape index (κ3) is 4.17. The molecular formula is C16H32N2O. The summed E-state index contributed by atoms with van der Waals surface area (Å²) in [6.07, 6.45) is 7.31. The highest BCUT2D eigenvalue weighted by Gasteiger charge is 2.35. The third-order valence-electron chi connectivity index (χ3n) is 4.83. The molecule has 0 radical (unpaired) electrons. The summed E-state index contributed by atoms with van der Waals surface area (Å²) in [7, 11) is 0. The maximum Gasteiger partial charge on any atom is 0.0674 e. The van der Waals surface area contributed by atoms with E-state index >= 15 is 0 Å². The first-order valence-corrected chi connectivity index (χ1v) is 8.33. The second-order valence-corrected chi connectivity index (χ2v) is 6.38. The molecule has 2 rings (SSSR count). The van der Waals surface area contributed by atoms with E-state index in [1.54, 1.807) is 0 Å². The van der Waals surface area contributed by atoms with Crippen LogP contribution in [0.25, 0.3) is 0 Å². The molecule has 1 saturated heterocycles. The van der Waals surface area contributed by atoms with E-state index in [2.05, 4.69) is 31.0 Å². The van der Waals surface area contributed by atoms with Gasteiger partial charge in [0.25, 0.3) is 0 Å². The van der Waals surface area contributed by atoms with Crippen LogP contribution in [0.2, 0.25) is 0 Å². The molecule has 1 N–H and O–H groups in total. The van der Waals surface area contributed by atoms with Gasteiger partial charge in [-0.1, -0.05) is 26.7 Å². The Bertz CT molecular complexity index is 259. The summed E-state index contributed by atoms with van der Waals surface area (Å²) >= 11 is 0. The fourth-order valence-electron chi connectivity index (χ4n) is 3.95. The maximum absolute atomic E-state index is 5.71. The molecule has 4 unspecified atom stereocenters. The van der Waals surface area contributed by atoms with Crippen molar-refractivity contribution in [1.82, 2.24) is 10.2 Å². The minimum absolute atomic E-state index is 0.405. The summed E-state index contributed by atoms with van der Waals surface area (Å²) in [5.41, 5.74) is 0. The summed E-state index contributed by atoms with van der Waals surface area (Å²) < 4.78 is 5.71. The molecule has 3 heteroatoms. The van der Waals surface area contributed by atoms with E-state index < -0.39 is 0 Å². The van der Waals surface area contributed by atoms with Crippen LogP contribution in [0.5, 0.6) is 0 Å². The molecule has 2 aliphatic rings. The lowest BCUT2D eigenvalue weighted by molar-refractivity contribution is -0.0492. The van der Waals surface area contributed by atoms with Crippen LogP contribution >= 0.6 is 0 Å². The molecule has 0 aromatic rings. The molecule has 0 spiro atoms. The van der Waals surface area contributed by atoms with Gasteiger partial charge in [0.05, 0.1) is 12.7 Å². The van der Waals surface area contributed by atoms with Crippen LogP contribution in [-0.4, -0.2) is 49.3 Å². The first-order valence-electron chi connectivity index (χ1n) is 8.33. The molecule has 2 fully saturated rings. The number of likely N-dealkylation sites (N-methyl/N-ethyl adjacent to an activating group) is 1. The van der Waals surface area contributed by atoms with Crippen molar-refractivity contribution < 1.29 is 4.74 Å². The van der Waals surface area contributed by atoms with Gasteiger partial charge >= 0.3 is 0 Å². The van der Waals surface area contributed by atoms with E-state index in [9.17, 15) is 0 Å². The molecule has 0 bridgehead atoms. The van der Waals surface area contributed by atoms with Crippen LogP contribution in [-0.2, 0) is 4.74 Å². The number of ether oxygens (including phenoxy) is 1. The van der Waals surface area contributed by atoms with Gasteiger partial charge in [-0.05, 0) is 38.6 Å². The molecule has 0 aromatic carbocycles. The molecule has 4 atom stereocenters. The Hall–Kier alpha value is -0.120. The van der Waals surface area contributed by atoms with Crippen molar-refractivity contribution in [3.05, 3.63) is 0 Å². The van der Waals surface area contributed by atoms with Gasteiger partial charge in [-0.2, -0.15) is 0 Å². The maximum atomic E-state index is 5.71. The topological polar surface area (TPSA) is 24.5 Å². The van der Waals surface area contributed by atoms with Gasteiger partial charge in [0, 0.05) is 25.2 Å². The normalized spacial score (nSPS) is 37.4.